The standard InChI is InChI=1S/C15H25N3/c1-15(2)9-5-6-12(10-15)17-13-7-8-14(16-11-13)18(3)4/h7-8,11-12,17H,5-6,9-10H2,1-4H3. The molecular weight excluding hydrogens is 222 g/mol. The van der Waals surface area contributed by atoms with Gasteiger partial charge in [0.1, 0.15) is 5.82 Å². The molecule has 1 aliphatic carbocycles. The smallest absolute Gasteiger partial charge is 0.128 e. The highest BCUT2D eigenvalue weighted by atomic mass is 15.1. The number of rotatable bonds is 3. The molecule has 1 aromatic heterocycles. The Hall–Kier alpha value is -1.25. The Labute approximate surface area is 111 Å². The highest BCUT2D eigenvalue weighted by Gasteiger charge is 2.27. The van der Waals surface area contributed by atoms with Gasteiger partial charge in [-0.1, -0.05) is 20.3 Å². The number of aromatic nitrogens is 1. The zero-order valence-corrected chi connectivity index (χ0v) is 12.0. The van der Waals surface area contributed by atoms with Crippen LogP contribution in [0, 0.1) is 5.41 Å². The molecule has 0 amide bonds. The topological polar surface area (TPSA) is 28.2 Å². The summed E-state index contributed by atoms with van der Waals surface area (Å²) in [7, 11) is 4.03. The fourth-order valence-electron chi connectivity index (χ4n) is 2.79. The molecule has 0 aromatic carbocycles. The van der Waals surface area contributed by atoms with Gasteiger partial charge in [0.15, 0.2) is 0 Å². The quantitative estimate of drug-likeness (QED) is 0.885. The second-order valence-corrected chi connectivity index (χ2v) is 6.40. The molecule has 1 heterocycles. The van der Waals surface area contributed by atoms with E-state index >= 15 is 0 Å². The first-order chi connectivity index (χ1) is 8.46. The molecule has 0 aliphatic heterocycles. The van der Waals surface area contributed by atoms with Crippen LogP contribution in [0.5, 0.6) is 0 Å². The molecule has 3 nitrogen and oxygen atoms in total. The molecule has 18 heavy (non-hydrogen) atoms. The monoisotopic (exact) mass is 247 g/mol. The molecular formula is C15H25N3. The van der Waals surface area contributed by atoms with Gasteiger partial charge in [-0.3, -0.25) is 0 Å². The van der Waals surface area contributed by atoms with Gasteiger partial charge < -0.3 is 10.2 Å². The molecule has 1 unspecified atom stereocenters. The van der Waals surface area contributed by atoms with Crippen molar-refractivity contribution < 1.29 is 0 Å². The van der Waals surface area contributed by atoms with Gasteiger partial charge >= 0.3 is 0 Å². The van der Waals surface area contributed by atoms with Crippen molar-refractivity contribution in [2.75, 3.05) is 24.3 Å². The summed E-state index contributed by atoms with van der Waals surface area (Å²) in [6.45, 7) is 4.74. The number of anilines is 2. The SMILES string of the molecule is CN(C)c1ccc(NC2CCCC(C)(C)C2)cn1. The van der Waals surface area contributed by atoms with Gasteiger partial charge in [0, 0.05) is 20.1 Å². The zero-order valence-electron chi connectivity index (χ0n) is 12.0. The van der Waals surface area contributed by atoms with Gasteiger partial charge in [-0.05, 0) is 36.8 Å². The Morgan fingerprint density at radius 2 is 2.11 bits per heavy atom. The summed E-state index contributed by atoms with van der Waals surface area (Å²) < 4.78 is 0. The van der Waals surface area contributed by atoms with Crippen molar-refractivity contribution in [2.45, 2.75) is 45.6 Å². The van der Waals surface area contributed by atoms with Gasteiger partial charge in [0.25, 0.3) is 0 Å². The van der Waals surface area contributed by atoms with Crippen LogP contribution in [0.15, 0.2) is 18.3 Å². The second kappa shape index (κ2) is 5.17. The Morgan fingerprint density at radius 3 is 2.67 bits per heavy atom. The van der Waals surface area contributed by atoms with Crippen LogP contribution in [-0.2, 0) is 0 Å². The normalized spacial score (nSPS) is 22.6. The summed E-state index contributed by atoms with van der Waals surface area (Å²) >= 11 is 0. The van der Waals surface area contributed by atoms with E-state index in [-0.39, 0.29) is 0 Å². The molecule has 1 aliphatic rings. The highest BCUT2D eigenvalue weighted by Crippen LogP contribution is 2.36. The van der Waals surface area contributed by atoms with Crippen LogP contribution >= 0.6 is 0 Å². The van der Waals surface area contributed by atoms with Gasteiger partial charge in [0.05, 0.1) is 11.9 Å². The zero-order chi connectivity index (χ0) is 13.2. The Kier molecular flexibility index (Phi) is 3.79. The molecule has 1 atom stereocenters. The van der Waals surface area contributed by atoms with E-state index in [4.69, 9.17) is 0 Å². The molecule has 0 bridgehead atoms. The predicted molar refractivity (Wildman–Crippen MR) is 78.2 cm³/mol. The average molecular weight is 247 g/mol. The lowest BCUT2D eigenvalue weighted by Gasteiger charge is -2.36. The van der Waals surface area contributed by atoms with Gasteiger partial charge in [-0.2, -0.15) is 0 Å². The number of nitrogens with one attached hydrogen (secondary N) is 1. The van der Waals surface area contributed by atoms with Crippen LogP contribution in [0.25, 0.3) is 0 Å². The summed E-state index contributed by atoms with van der Waals surface area (Å²) in [6, 6.07) is 4.79. The van der Waals surface area contributed by atoms with Crippen LogP contribution in [0.3, 0.4) is 0 Å². The largest absolute Gasteiger partial charge is 0.381 e. The number of pyridine rings is 1. The predicted octanol–water partition coefficient (Wildman–Crippen LogP) is 3.53. The molecule has 100 valence electrons. The number of nitrogens with zero attached hydrogens (tertiary/aromatic N) is 2. The molecule has 0 saturated heterocycles. The van der Waals surface area contributed by atoms with Crippen molar-refractivity contribution in [2.24, 2.45) is 5.41 Å². The van der Waals surface area contributed by atoms with Crippen molar-refractivity contribution in [1.29, 1.82) is 0 Å². The summed E-state index contributed by atoms with van der Waals surface area (Å²) in [4.78, 5) is 6.46. The van der Waals surface area contributed by atoms with E-state index in [0.717, 1.165) is 11.5 Å². The first-order valence-corrected chi connectivity index (χ1v) is 6.86. The maximum atomic E-state index is 4.44. The fraction of sp³-hybridized carbons (Fsp3) is 0.667. The first kappa shape index (κ1) is 13.2. The van der Waals surface area contributed by atoms with Crippen molar-refractivity contribution in [3.63, 3.8) is 0 Å². The first-order valence-electron chi connectivity index (χ1n) is 6.86. The average Bonchev–Trinajstić information content (AvgIpc) is 2.28. The Balaban J connectivity index is 1.97. The third kappa shape index (κ3) is 3.37. The minimum Gasteiger partial charge on any atom is -0.381 e. The van der Waals surface area contributed by atoms with Crippen LogP contribution in [0.1, 0.15) is 39.5 Å². The molecule has 1 N–H and O–H groups in total. The molecule has 1 aromatic rings. The number of hydrogen-bond acceptors (Lipinski definition) is 3. The van der Waals surface area contributed by atoms with E-state index in [1.807, 2.05) is 25.2 Å². The minimum atomic E-state index is 0.479. The second-order valence-electron chi connectivity index (χ2n) is 6.40. The van der Waals surface area contributed by atoms with Crippen LogP contribution in [-0.4, -0.2) is 25.1 Å². The van der Waals surface area contributed by atoms with Crippen LogP contribution in [0.2, 0.25) is 0 Å². The summed E-state index contributed by atoms with van der Waals surface area (Å²) in [6.07, 6.45) is 7.15. The molecule has 2 rings (SSSR count). The Bertz CT molecular complexity index is 381. The van der Waals surface area contributed by atoms with E-state index in [0.29, 0.717) is 11.5 Å². The van der Waals surface area contributed by atoms with Crippen molar-refractivity contribution >= 4 is 11.5 Å². The van der Waals surface area contributed by atoms with Crippen molar-refractivity contribution in [3.05, 3.63) is 18.3 Å². The fourth-order valence-corrected chi connectivity index (χ4v) is 2.79. The lowest BCUT2D eigenvalue weighted by atomic mass is 9.75. The highest BCUT2D eigenvalue weighted by molar-refractivity contribution is 5.48. The molecule has 0 spiro atoms. The maximum Gasteiger partial charge on any atom is 0.128 e. The third-order valence-corrected chi connectivity index (χ3v) is 3.78. The summed E-state index contributed by atoms with van der Waals surface area (Å²) in [5.41, 5.74) is 1.62. The van der Waals surface area contributed by atoms with Crippen molar-refractivity contribution in [3.8, 4) is 0 Å². The maximum absolute atomic E-state index is 4.44. The Morgan fingerprint density at radius 1 is 1.33 bits per heavy atom. The van der Waals surface area contributed by atoms with Gasteiger partial charge in [0.2, 0.25) is 0 Å². The minimum absolute atomic E-state index is 0.479. The molecule has 1 fully saturated rings. The van der Waals surface area contributed by atoms with E-state index in [1.165, 1.54) is 25.7 Å². The van der Waals surface area contributed by atoms with E-state index < -0.39 is 0 Å². The van der Waals surface area contributed by atoms with E-state index in [1.54, 1.807) is 0 Å². The van der Waals surface area contributed by atoms with Crippen LogP contribution in [0.4, 0.5) is 11.5 Å². The van der Waals surface area contributed by atoms with Crippen LogP contribution < -0.4 is 10.2 Å². The third-order valence-electron chi connectivity index (χ3n) is 3.78. The molecule has 1 saturated carbocycles. The van der Waals surface area contributed by atoms with Gasteiger partial charge in [-0.15, -0.1) is 0 Å². The van der Waals surface area contributed by atoms with Gasteiger partial charge in [-0.25, -0.2) is 4.98 Å². The molecule has 3 heteroatoms. The van der Waals surface area contributed by atoms with Crippen molar-refractivity contribution in [1.82, 2.24) is 4.98 Å². The summed E-state index contributed by atoms with van der Waals surface area (Å²) in [5.74, 6) is 1.00. The molecule has 0 radical (unpaired) electrons. The lowest BCUT2D eigenvalue weighted by Crippen LogP contribution is -2.31. The lowest BCUT2D eigenvalue weighted by molar-refractivity contribution is 0.229. The summed E-state index contributed by atoms with van der Waals surface area (Å²) in [5, 5.41) is 3.62. The van der Waals surface area contributed by atoms with E-state index in [2.05, 4.69) is 36.3 Å². The van der Waals surface area contributed by atoms with E-state index in [9.17, 15) is 0 Å². The number of hydrogen-bond donors (Lipinski definition) is 1.